The van der Waals surface area contributed by atoms with Crippen molar-refractivity contribution in [3.63, 3.8) is 0 Å². The largest absolute Gasteiger partial charge is 0.381 e. The van der Waals surface area contributed by atoms with E-state index < -0.39 is 5.79 Å². The minimum atomic E-state index is -0.517. The lowest BCUT2D eigenvalue weighted by Gasteiger charge is -2.25. The van der Waals surface area contributed by atoms with E-state index in [0.717, 1.165) is 32.5 Å². The van der Waals surface area contributed by atoms with Crippen LogP contribution in [0.4, 0.5) is 0 Å². The van der Waals surface area contributed by atoms with Gasteiger partial charge in [0.1, 0.15) is 6.10 Å². The van der Waals surface area contributed by atoms with Crippen LogP contribution in [-0.4, -0.2) is 37.5 Å². The zero-order chi connectivity index (χ0) is 13.2. The molecular weight excluding hydrogens is 232 g/mol. The standard InChI is InChI=1S/C14H26O4/c1-5-8-15-9-7-10-11(6-2)16-13-12(10)17-14(3,4)18-13/h10-13H,5-9H2,1-4H3/t10-,11-,12-,13-/m1/s1. The molecule has 0 spiro atoms. The summed E-state index contributed by atoms with van der Waals surface area (Å²) in [5, 5.41) is 0. The van der Waals surface area contributed by atoms with Crippen LogP contribution in [0.1, 0.15) is 47.0 Å². The predicted molar refractivity (Wildman–Crippen MR) is 68.2 cm³/mol. The molecule has 0 aromatic carbocycles. The topological polar surface area (TPSA) is 36.9 Å². The number of rotatable bonds is 6. The van der Waals surface area contributed by atoms with Gasteiger partial charge in [0.25, 0.3) is 0 Å². The molecule has 2 fully saturated rings. The maximum atomic E-state index is 5.97. The Bertz CT molecular complexity index is 267. The van der Waals surface area contributed by atoms with Gasteiger partial charge in [-0.15, -0.1) is 0 Å². The maximum absolute atomic E-state index is 5.97. The van der Waals surface area contributed by atoms with E-state index in [-0.39, 0.29) is 18.5 Å². The molecule has 0 N–H and O–H groups in total. The maximum Gasteiger partial charge on any atom is 0.187 e. The highest BCUT2D eigenvalue weighted by Crippen LogP contribution is 2.42. The SMILES string of the molecule is CCCOCC[C@H]1[C@H]2OC(C)(C)O[C@H]2O[C@@H]1CC. The van der Waals surface area contributed by atoms with Gasteiger partial charge >= 0.3 is 0 Å². The molecule has 106 valence electrons. The number of ether oxygens (including phenoxy) is 4. The second-order valence-corrected chi connectivity index (χ2v) is 5.62. The van der Waals surface area contributed by atoms with E-state index in [0.29, 0.717) is 5.92 Å². The van der Waals surface area contributed by atoms with Crippen LogP contribution in [0.2, 0.25) is 0 Å². The Labute approximate surface area is 110 Å². The smallest absolute Gasteiger partial charge is 0.187 e. The molecule has 2 rings (SSSR count). The number of hydrogen-bond donors (Lipinski definition) is 0. The molecule has 0 amide bonds. The summed E-state index contributed by atoms with van der Waals surface area (Å²) in [5.41, 5.74) is 0. The summed E-state index contributed by atoms with van der Waals surface area (Å²) < 4.78 is 23.3. The molecule has 2 heterocycles. The van der Waals surface area contributed by atoms with Crippen molar-refractivity contribution in [3.8, 4) is 0 Å². The average Bonchev–Trinajstić information content (AvgIpc) is 2.77. The first-order chi connectivity index (χ1) is 8.57. The van der Waals surface area contributed by atoms with E-state index in [9.17, 15) is 0 Å². The van der Waals surface area contributed by atoms with Gasteiger partial charge in [-0.1, -0.05) is 13.8 Å². The summed E-state index contributed by atoms with van der Waals surface area (Å²) in [6.45, 7) is 9.78. The Kier molecular flexibility index (Phi) is 4.64. The van der Waals surface area contributed by atoms with Crippen LogP contribution >= 0.6 is 0 Å². The van der Waals surface area contributed by atoms with Crippen molar-refractivity contribution in [1.82, 2.24) is 0 Å². The van der Waals surface area contributed by atoms with Gasteiger partial charge in [0.2, 0.25) is 0 Å². The Morgan fingerprint density at radius 2 is 1.89 bits per heavy atom. The third-order valence-electron chi connectivity index (χ3n) is 3.64. The fraction of sp³-hybridized carbons (Fsp3) is 1.00. The predicted octanol–water partition coefficient (Wildman–Crippen LogP) is 2.71. The van der Waals surface area contributed by atoms with Gasteiger partial charge in [-0.3, -0.25) is 0 Å². The van der Waals surface area contributed by atoms with Crippen LogP contribution in [0.5, 0.6) is 0 Å². The van der Waals surface area contributed by atoms with Crippen molar-refractivity contribution in [2.45, 2.75) is 71.2 Å². The molecule has 0 radical (unpaired) electrons. The fourth-order valence-corrected chi connectivity index (χ4v) is 2.85. The van der Waals surface area contributed by atoms with Gasteiger partial charge in [0.15, 0.2) is 12.1 Å². The lowest BCUT2D eigenvalue weighted by Crippen LogP contribution is -2.30. The van der Waals surface area contributed by atoms with Gasteiger partial charge in [-0.25, -0.2) is 0 Å². The van der Waals surface area contributed by atoms with E-state index in [1.165, 1.54) is 0 Å². The lowest BCUT2D eigenvalue weighted by molar-refractivity contribution is -0.210. The van der Waals surface area contributed by atoms with Gasteiger partial charge in [-0.2, -0.15) is 0 Å². The summed E-state index contributed by atoms with van der Waals surface area (Å²) in [6, 6.07) is 0. The minimum Gasteiger partial charge on any atom is -0.381 e. The van der Waals surface area contributed by atoms with Crippen LogP contribution in [0.3, 0.4) is 0 Å². The Morgan fingerprint density at radius 3 is 2.56 bits per heavy atom. The second-order valence-electron chi connectivity index (χ2n) is 5.62. The van der Waals surface area contributed by atoms with Crippen molar-refractivity contribution < 1.29 is 18.9 Å². The normalized spacial score (nSPS) is 38.0. The van der Waals surface area contributed by atoms with E-state index in [2.05, 4.69) is 13.8 Å². The molecule has 0 aromatic heterocycles. The quantitative estimate of drug-likeness (QED) is 0.686. The van der Waals surface area contributed by atoms with E-state index in [1.54, 1.807) is 0 Å². The van der Waals surface area contributed by atoms with E-state index in [1.807, 2.05) is 13.8 Å². The summed E-state index contributed by atoms with van der Waals surface area (Å²) in [5.74, 6) is -0.130. The molecule has 2 saturated heterocycles. The van der Waals surface area contributed by atoms with E-state index in [4.69, 9.17) is 18.9 Å². The van der Waals surface area contributed by atoms with Crippen LogP contribution in [0.25, 0.3) is 0 Å². The van der Waals surface area contributed by atoms with Crippen LogP contribution < -0.4 is 0 Å². The highest BCUT2D eigenvalue weighted by molar-refractivity contribution is 4.92. The molecule has 0 aliphatic carbocycles. The molecule has 4 atom stereocenters. The Hall–Kier alpha value is -0.160. The summed E-state index contributed by atoms with van der Waals surface area (Å²) in [7, 11) is 0. The van der Waals surface area contributed by atoms with E-state index >= 15 is 0 Å². The molecule has 4 nitrogen and oxygen atoms in total. The molecule has 2 aliphatic heterocycles. The van der Waals surface area contributed by atoms with Crippen molar-refractivity contribution in [2.24, 2.45) is 5.92 Å². The zero-order valence-corrected chi connectivity index (χ0v) is 12.0. The number of fused-ring (bicyclic) bond motifs is 1. The summed E-state index contributed by atoms with van der Waals surface area (Å²) >= 11 is 0. The third-order valence-corrected chi connectivity index (χ3v) is 3.64. The highest BCUT2D eigenvalue weighted by Gasteiger charge is 2.53. The van der Waals surface area contributed by atoms with Gasteiger partial charge < -0.3 is 18.9 Å². The van der Waals surface area contributed by atoms with Crippen LogP contribution in [0, 0.1) is 5.92 Å². The van der Waals surface area contributed by atoms with Crippen molar-refractivity contribution in [1.29, 1.82) is 0 Å². The third kappa shape index (κ3) is 3.05. The van der Waals surface area contributed by atoms with Gasteiger partial charge in [0, 0.05) is 19.1 Å². The van der Waals surface area contributed by atoms with Gasteiger partial charge in [0.05, 0.1) is 6.10 Å². The molecule has 0 bridgehead atoms. The molecular formula is C14H26O4. The second kappa shape index (κ2) is 5.87. The highest BCUT2D eigenvalue weighted by atomic mass is 16.8. The molecule has 2 aliphatic rings. The summed E-state index contributed by atoms with van der Waals surface area (Å²) in [6.07, 6.45) is 3.16. The first-order valence-electron chi connectivity index (χ1n) is 7.16. The Balaban J connectivity index is 1.89. The van der Waals surface area contributed by atoms with Crippen molar-refractivity contribution in [2.75, 3.05) is 13.2 Å². The van der Waals surface area contributed by atoms with Crippen LogP contribution in [-0.2, 0) is 18.9 Å². The molecule has 4 heteroatoms. The summed E-state index contributed by atoms with van der Waals surface area (Å²) in [4.78, 5) is 0. The van der Waals surface area contributed by atoms with Crippen molar-refractivity contribution in [3.05, 3.63) is 0 Å². The van der Waals surface area contributed by atoms with Crippen LogP contribution in [0.15, 0.2) is 0 Å². The van der Waals surface area contributed by atoms with Crippen molar-refractivity contribution >= 4 is 0 Å². The minimum absolute atomic E-state index is 0.0650. The molecule has 0 aromatic rings. The fourth-order valence-electron chi connectivity index (χ4n) is 2.85. The number of hydrogen-bond acceptors (Lipinski definition) is 4. The first-order valence-corrected chi connectivity index (χ1v) is 7.16. The molecule has 0 saturated carbocycles. The first kappa shape index (κ1) is 14.3. The lowest BCUT2D eigenvalue weighted by atomic mass is 9.93. The average molecular weight is 258 g/mol. The zero-order valence-electron chi connectivity index (χ0n) is 12.0. The van der Waals surface area contributed by atoms with Gasteiger partial charge in [-0.05, 0) is 33.1 Å². The molecule has 0 unspecified atom stereocenters. The monoisotopic (exact) mass is 258 g/mol. The Morgan fingerprint density at radius 1 is 1.11 bits per heavy atom. The molecule has 18 heavy (non-hydrogen) atoms.